The van der Waals surface area contributed by atoms with E-state index in [0.29, 0.717) is 24.3 Å². The van der Waals surface area contributed by atoms with Gasteiger partial charge < -0.3 is 14.2 Å². The van der Waals surface area contributed by atoms with Crippen LogP contribution in [-0.2, 0) is 4.74 Å². The van der Waals surface area contributed by atoms with Crippen molar-refractivity contribution in [3.8, 4) is 11.5 Å². The molecule has 2 aromatic rings. The second-order valence-corrected chi connectivity index (χ2v) is 5.08. The number of ether oxygens (including phenoxy) is 1. The van der Waals surface area contributed by atoms with Crippen LogP contribution in [0.25, 0.3) is 11.5 Å². The van der Waals surface area contributed by atoms with Crippen molar-refractivity contribution in [3.63, 3.8) is 0 Å². The van der Waals surface area contributed by atoms with Gasteiger partial charge >= 0.3 is 0 Å². The van der Waals surface area contributed by atoms with Gasteiger partial charge in [-0.1, -0.05) is 5.16 Å². The van der Waals surface area contributed by atoms with Gasteiger partial charge in [-0.3, -0.25) is 0 Å². The van der Waals surface area contributed by atoms with Gasteiger partial charge in [-0.05, 0) is 13.3 Å². The normalized spacial score (nSPS) is 18.4. The van der Waals surface area contributed by atoms with Crippen LogP contribution in [0.5, 0.6) is 0 Å². The number of aryl methyl sites for hydroxylation is 1. The lowest BCUT2D eigenvalue weighted by Gasteiger charge is -2.10. The molecule has 1 aliphatic heterocycles. The van der Waals surface area contributed by atoms with E-state index in [1.807, 2.05) is 25.9 Å². The summed E-state index contributed by atoms with van der Waals surface area (Å²) in [4.78, 5) is 15.0. The first-order valence-electron chi connectivity index (χ1n) is 6.58. The van der Waals surface area contributed by atoms with Gasteiger partial charge in [0.25, 0.3) is 5.89 Å². The predicted molar refractivity (Wildman–Crippen MR) is 72.6 cm³/mol. The van der Waals surface area contributed by atoms with E-state index < -0.39 is 0 Å². The molecule has 1 unspecified atom stereocenters. The number of aromatic nitrogens is 4. The minimum atomic E-state index is 0.231. The molecule has 3 heterocycles. The van der Waals surface area contributed by atoms with Crippen molar-refractivity contribution in [3.05, 3.63) is 17.7 Å². The molecule has 0 amide bonds. The third-order valence-electron chi connectivity index (χ3n) is 3.33. The third-order valence-corrected chi connectivity index (χ3v) is 3.33. The van der Waals surface area contributed by atoms with Crippen LogP contribution in [0.4, 0.5) is 5.95 Å². The van der Waals surface area contributed by atoms with Crippen LogP contribution in [0.15, 0.2) is 10.7 Å². The van der Waals surface area contributed by atoms with Crippen LogP contribution in [0.2, 0.25) is 0 Å². The Bertz CT molecular complexity index is 605. The Hall–Kier alpha value is -2.02. The average molecular weight is 275 g/mol. The lowest BCUT2D eigenvalue weighted by molar-refractivity contribution is 0.192. The van der Waals surface area contributed by atoms with E-state index in [-0.39, 0.29) is 5.92 Å². The molecule has 0 radical (unpaired) electrons. The van der Waals surface area contributed by atoms with E-state index in [4.69, 9.17) is 9.26 Å². The topological polar surface area (TPSA) is 77.2 Å². The van der Waals surface area contributed by atoms with Crippen LogP contribution in [0.3, 0.4) is 0 Å². The first kappa shape index (κ1) is 13.0. The molecule has 0 spiro atoms. The summed E-state index contributed by atoms with van der Waals surface area (Å²) in [6, 6.07) is 0. The van der Waals surface area contributed by atoms with Gasteiger partial charge in [0.05, 0.1) is 17.9 Å². The zero-order valence-electron chi connectivity index (χ0n) is 11.8. The van der Waals surface area contributed by atoms with E-state index >= 15 is 0 Å². The highest BCUT2D eigenvalue weighted by molar-refractivity contribution is 5.55. The fourth-order valence-electron chi connectivity index (χ4n) is 2.13. The van der Waals surface area contributed by atoms with Crippen LogP contribution in [0.1, 0.15) is 23.9 Å². The van der Waals surface area contributed by atoms with Gasteiger partial charge in [0.1, 0.15) is 0 Å². The van der Waals surface area contributed by atoms with E-state index in [2.05, 4.69) is 20.1 Å². The quantitative estimate of drug-likeness (QED) is 0.838. The second kappa shape index (κ2) is 5.16. The van der Waals surface area contributed by atoms with Crippen molar-refractivity contribution in [2.75, 3.05) is 32.2 Å². The van der Waals surface area contributed by atoms with Crippen LogP contribution < -0.4 is 4.90 Å². The lowest BCUT2D eigenvalue weighted by atomic mass is 10.1. The number of hydrogen-bond acceptors (Lipinski definition) is 7. The molecular formula is C13H17N5O2. The number of hydrogen-bond donors (Lipinski definition) is 0. The highest BCUT2D eigenvalue weighted by Gasteiger charge is 2.24. The van der Waals surface area contributed by atoms with E-state index in [1.165, 1.54) is 0 Å². The molecule has 1 aliphatic rings. The Morgan fingerprint density at radius 3 is 2.80 bits per heavy atom. The Labute approximate surface area is 117 Å². The van der Waals surface area contributed by atoms with Crippen LogP contribution in [0, 0.1) is 6.92 Å². The average Bonchev–Trinajstić information content (AvgIpc) is 3.09. The van der Waals surface area contributed by atoms with Crippen LogP contribution in [-0.4, -0.2) is 47.4 Å². The van der Waals surface area contributed by atoms with Gasteiger partial charge in [0.15, 0.2) is 5.82 Å². The molecule has 0 aliphatic carbocycles. The van der Waals surface area contributed by atoms with Gasteiger partial charge in [-0.2, -0.15) is 4.98 Å². The zero-order chi connectivity index (χ0) is 14.1. The number of rotatable bonds is 3. The maximum atomic E-state index is 5.34. The first-order chi connectivity index (χ1) is 9.65. The smallest absolute Gasteiger partial charge is 0.261 e. The maximum Gasteiger partial charge on any atom is 0.261 e. The summed E-state index contributed by atoms with van der Waals surface area (Å²) in [5.74, 6) is 2.06. The molecule has 0 bridgehead atoms. The van der Waals surface area contributed by atoms with Crippen molar-refractivity contribution in [2.45, 2.75) is 19.3 Å². The summed E-state index contributed by atoms with van der Waals surface area (Å²) in [7, 11) is 3.80. The second-order valence-electron chi connectivity index (χ2n) is 5.08. The Morgan fingerprint density at radius 1 is 1.30 bits per heavy atom. The minimum absolute atomic E-state index is 0.231. The van der Waals surface area contributed by atoms with Crippen molar-refractivity contribution in [2.24, 2.45) is 0 Å². The summed E-state index contributed by atoms with van der Waals surface area (Å²) in [6.07, 6.45) is 2.66. The molecule has 20 heavy (non-hydrogen) atoms. The summed E-state index contributed by atoms with van der Waals surface area (Å²) < 4.78 is 10.7. The summed E-state index contributed by atoms with van der Waals surface area (Å²) >= 11 is 0. The molecule has 1 saturated heterocycles. The Kier molecular flexibility index (Phi) is 3.35. The molecule has 0 saturated carbocycles. The molecule has 2 aromatic heterocycles. The lowest BCUT2D eigenvalue weighted by Crippen LogP contribution is -2.13. The van der Waals surface area contributed by atoms with Crippen LogP contribution >= 0.6 is 0 Å². The number of nitrogens with zero attached hydrogens (tertiary/aromatic N) is 5. The highest BCUT2D eigenvalue weighted by atomic mass is 16.5. The predicted octanol–water partition coefficient (Wildman–Crippen LogP) is 1.40. The molecule has 0 N–H and O–H groups in total. The molecule has 1 fully saturated rings. The van der Waals surface area contributed by atoms with Crippen molar-refractivity contribution in [1.29, 1.82) is 0 Å². The highest BCUT2D eigenvalue weighted by Crippen LogP contribution is 2.26. The standard InChI is InChI=1S/C13H17N5O2/c1-8-10(6-14-13(15-8)18(2)3)12-16-11(17-20-12)9-4-5-19-7-9/h6,9H,4-5,7H2,1-3H3. The maximum absolute atomic E-state index is 5.34. The minimum Gasteiger partial charge on any atom is -0.381 e. The van der Waals surface area contributed by atoms with Gasteiger partial charge in [-0.25, -0.2) is 9.97 Å². The summed E-state index contributed by atoms with van der Waals surface area (Å²) in [5, 5.41) is 4.04. The van der Waals surface area contributed by atoms with Gasteiger partial charge in [0.2, 0.25) is 5.95 Å². The van der Waals surface area contributed by atoms with E-state index in [0.717, 1.165) is 24.3 Å². The fraction of sp³-hybridized carbons (Fsp3) is 0.538. The van der Waals surface area contributed by atoms with E-state index in [9.17, 15) is 0 Å². The van der Waals surface area contributed by atoms with Gasteiger partial charge in [-0.15, -0.1) is 0 Å². The first-order valence-corrected chi connectivity index (χ1v) is 6.58. The van der Waals surface area contributed by atoms with Crippen molar-refractivity contribution >= 4 is 5.95 Å². The Morgan fingerprint density at radius 2 is 2.15 bits per heavy atom. The van der Waals surface area contributed by atoms with Gasteiger partial charge in [0, 0.05) is 32.8 Å². The molecule has 106 valence electrons. The monoisotopic (exact) mass is 275 g/mol. The SMILES string of the molecule is Cc1nc(N(C)C)ncc1-c1nc(C2CCOC2)no1. The summed E-state index contributed by atoms with van der Waals surface area (Å²) in [6.45, 7) is 3.33. The molecule has 0 aromatic carbocycles. The summed E-state index contributed by atoms with van der Waals surface area (Å²) in [5.41, 5.74) is 1.59. The Balaban J connectivity index is 1.89. The molecule has 1 atom stereocenters. The largest absolute Gasteiger partial charge is 0.381 e. The molecule has 7 heteroatoms. The van der Waals surface area contributed by atoms with E-state index in [1.54, 1.807) is 6.20 Å². The van der Waals surface area contributed by atoms with Crippen molar-refractivity contribution in [1.82, 2.24) is 20.1 Å². The zero-order valence-corrected chi connectivity index (χ0v) is 11.8. The third kappa shape index (κ3) is 2.36. The fourth-order valence-corrected chi connectivity index (χ4v) is 2.13. The number of anilines is 1. The van der Waals surface area contributed by atoms with Crippen molar-refractivity contribution < 1.29 is 9.26 Å². The molecule has 7 nitrogen and oxygen atoms in total. The molecule has 3 rings (SSSR count). The molecular weight excluding hydrogens is 258 g/mol.